The van der Waals surface area contributed by atoms with Crippen molar-refractivity contribution in [1.29, 1.82) is 0 Å². The van der Waals surface area contributed by atoms with Crippen molar-refractivity contribution in [3.8, 4) is 11.3 Å². The Bertz CT molecular complexity index is 509. The molecule has 1 unspecified atom stereocenters. The van der Waals surface area contributed by atoms with Crippen molar-refractivity contribution in [3.63, 3.8) is 0 Å². The summed E-state index contributed by atoms with van der Waals surface area (Å²) in [6.45, 7) is 4.00. The Morgan fingerprint density at radius 1 is 1.41 bits per heavy atom. The van der Waals surface area contributed by atoms with Crippen molar-refractivity contribution < 1.29 is 0 Å². The number of hydrogen-bond acceptors (Lipinski definition) is 3. The van der Waals surface area contributed by atoms with Crippen LogP contribution in [0.5, 0.6) is 0 Å². The third-order valence-corrected chi connectivity index (χ3v) is 3.71. The van der Waals surface area contributed by atoms with Gasteiger partial charge in [-0.2, -0.15) is 0 Å². The first-order valence-corrected chi connectivity index (χ1v) is 6.26. The maximum Gasteiger partial charge on any atom is 0.110 e. The van der Waals surface area contributed by atoms with Gasteiger partial charge in [-0.25, -0.2) is 4.98 Å². The van der Waals surface area contributed by atoms with E-state index >= 15 is 0 Å². The minimum Gasteiger partial charge on any atom is -0.322 e. The molecule has 0 spiro atoms. The molecule has 2 aromatic rings. The van der Waals surface area contributed by atoms with Gasteiger partial charge in [0.15, 0.2) is 0 Å². The van der Waals surface area contributed by atoms with Gasteiger partial charge in [0.2, 0.25) is 0 Å². The first-order valence-electron chi connectivity index (χ1n) is 5.07. The minimum atomic E-state index is -0.0170. The van der Waals surface area contributed by atoms with E-state index in [4.69, 9.17) is 17.3 Å². The zero-order valence-electron chi connectivity index (χ0n) is 9.61. The van der Waals surface area contributed by atoms with Crippen LogP contribution in [0.1, 0.15) is 22.9 Å². The number of nitrogens with two attached hydrogens (primary N) is 1. The van der Waals surface area contributed by atoms with Crippen LogP contribution in [0, 0.1) is 6.92 Å². The van der Waals surface area contributed by atoms with Crippen LogP contribution in [-0.4, -0.2) is 4.98 Å². The predicted octanol–water partition coefficient (Wildman–Crippen LogP) is 4.21. The average Bonchev–Trinajstić information content (AvgIpc) is 2.60. The summed E-state index contributed by atoms with van der Waals surface area (Å²) in [5, 5.41) is 1.69. The second-order valence-electron chi connectivity index (χ2n) is 3.76. The first kappa shape index (κ1) is 14.5. The van der Waals surface area contributed by atoms with Crippen molar-refractivity contribution in [2.45, 2.75) is 19.9 Å². The van der Waals surface area contributed by atoms with Crippen LogP contribution < -0.4 is 5.73 Å². The number of aryl methyl sites for hydroxylation is 1. The summed E-state index contributed by atoms with van der Waals surface area (Å²) >= 11 is 7.61. The topological polar surface area (TPSA) is 38.9 Å². The Labute approximate surface area is 116 Å². The molecule has 17 heavy (non-hydrogen) atoms. The van der Waals surface area contributed by atoms with Crippen molar-refractivity contribution in [1.82, 2.24) is 4.98 Å². The maximum atomic E-state index is 5.97. The van der Waals surface area contributed by atoms with Crippen LogP contribution in [0.25, 0.3) is 11.3 Å². The highest BCUT2D eigenvalue weighted by atomic mass is 35.5. The summed E-state index contributed by atoms with van der Waals surface area (Å²) in [5.41, 5.74) is 7.86. The van der Waals surface area contributed by atoms with Crippen LogP contribution in [0.3, 0.4) is 0 Å². The third-order valence-electron chi connectivity index (χ3n) is 2.30. The minimum absolute atomic E-state index is 0. The maximum absolute atomic E-state index is 5.97. The van der Waals surface area contributed by atoms with Crippen LogP contribution in [-0.2, 0) is 0 Å². The molecule has 5 heteroatoms. The SMILES string of the molecule is Cc1sc(C(C)N)nc1-c1cccc(Cl)c1.Cl. The van der Waals surface area contributed by atoms with Crippen LogP contribution >= 0.6 is 35.3 Å². The molecule has 1 heterocycles. The number of rotatable bonds is 2. The molecule has 2 rings (SSSR count). The Kier molecular flexibility index (Phi) is 4.95. The van der Waals surface area contributed by atoms with E-state index in [2.05, 4.69) is 11.9 Å². The van der Waals surface area contributed by atoms with Gasteiger partial charge in [0.25, 0.3) is 0 Å². The highest BCUT2D eigenvalue weighted by Crippen LogP contribution is 2.30. The van der Waals surface area contributed by atoms with E-state index in [-0.39, 0.29) is 18.4 Å². The van der Waals surface area contributed by atoms with Crippen LogP contribution in [0.2, 0.25) is 5.02 Å². The van der Waals surface area contributed by atoms with Crippen molar-refractivity contribution >= 4 is 35.3 Å². The Balaban J connectivity index is 0.00000144. The van der Waals surface area contributed by atoms with Crippen molar-refractivity contribution in [3.05, 3.63) is 39.2 Å². The summed E-state index contributed by atoms with van der Waals surface area (Å²) in [7, 11) is 0. The fourth-order valence-corrected chi connectivity index (χ4v) is 2.60. The number of thiazole rings is 1. The number of aromatic nitrogens is 1. The van der Waals surface area contributed by atoms with Gasteiger partial charge in [-0.05, 0) is 26.0 Å². The molecule has 92 valence electrons. The molecular weight excluding hydrogens is 275 g/mol. The molecular formula is C12H14Cl2N2S. The molecule has 0 amide bonds. The van der Waals surface area contributed by atoms with Crippen molar-refractivity contribution in [2.24, 2.45) is 5.73 Å². The molecule has 1 atom stereocenters. The lowest BCUT2D eigenvalue weighted by atomic mass is 10.1. The molecule has 0 aliphatic carbocycles. The van der Waals surface area contributed by atoms with Gasteiger partial charge >= 0.3 is 0 Å². The van der Waals surface area contributed by atoms with Gasteiger partial charge in [-0.3, -0.25) is 0 Å². The quantitative estimate of drug-likeness (QED) is 0.899. The lowest BCUT2D eigenvalue weighted by Gasteiger charge is -1.99. The second kappa shape index (κ2) is 5.83. The molecule has 0 aliphatic heterocycles. The van der Waals surface area contributed by atoms with Gasteiger partial charge < -0.3 is 5.73 Å². The smallest absolute Gasteiger partial charge is 0.110 e. The third kappa shape index (κ3) is 3.19. The molecule has 0 saturated heterocycles. The van der Waals surface area contributed by atoms with E-state index in [1.54, 1.807) is 11.3 Å². The van der Waals surface area contributed by atoms with E-state index in [0.717, 1.165) is 21.3 Å². The molecule has 0 bridgehead atoms. The van der Waals surface area contributed by atoms with Crippen LogP contribution in [0.15, 0.2) is 24.3 Å². The molecule has 0 saturated carbocycles. The van der Waals surface area contributed by atoms with Gasteiger partial charge in [0, 0.05) is 15.5 Å². The zero-order valence-corrected chi connectivity index (χ0v) is 12.0. The Morgan fingerprint density at radius 2 is 2.12 bits per heavy atom. The number of nitrogens with zero attached hydrogens (tertiary/aromatic N) is 1. The van der Waals surface area contributed by atoms with Crippen molar-refractivity contribution in [2.75, 3.05) is 0 Å². The molecule has 1 aromatic heterocycles. The molecule has 1 aromatic carbocycles. The summed E-state index contributed by atoms with van der Waals surface area (Å²) in [6.07, 6.45) is 0. The number of hydrogen-bond donors (Lipinski definition) is 1. The molecule has 0 radical (unpaired) electrons. The lowest BCUT2D eigenvalue weighted by Crippen LogP contribution is -2.03. The normalized spacial score (nSPS) is 12.0. The first-order chi connectivity index (χ1) is 7.58. The number of halogens is 2. The fourth-order valence-electron chi connectivity index (χ4n) is 1.52. The van der Waals surface area contributed by atoms with Gasteiger partial charge in [0.1, 0.15) is 5.01 Å². The zero-order chi connectivity index (χ0) is 11.7. The Hall–Kier alpha value is -0.610. The highest BCUT2D eigenvalue weighted by Gasteiger charge is 2.12. The average molecular weight is 289 g/mol. The standard InChI is InChI=1S/C12H13ClN2S.ClH/c1-7(14)12-15-11(8(2)16-12)9-4-3-5-10(13)6-9;/h3-7H,14H2,1-2H3;1H. The van der Waals surface area contributed by atoms with E-state index in [0.29, 0.717) is 0 Å². The van der Waals surface area contributed by atoms with Gasteiger partial charge in [0.05, 0.1) is 11.7 Å². The summed E-state index contributed by atoms with van der Waals surface area (Å²) in [5.74, 6) is 0. The van der Waals surface area contributed by atoms with Gasteiger partial charge in [-0.1, -0.05) is 23.7 Å². The largest absolute Gasteiger partial charge is 0.322 e. The van der Waals surface area contributed by atoms with Crippen LogP contribution in [0.4, 0.5) is 0 Å². The summed E-state index contributed by atoms with van der Waals surface area (Å²) in [4.78, 5) is 5.73. The van der Waals surface area contributed by atoms with E-state index in [9.17, 15) is 0 Å². The fraction of sp³-hybridized carbons (Fsp3) is 0.250. The monoisotopic (exact) mass is 288 g/mol. The summed E-state index contributed by atoms with van der Waals surface area (Å²) < 4.78 is 0. The molecule has 0 aliphatic rings. The molecule has 2 nitrogen and oxygen atoms in total. The Morgan fingerprint density at radius 3 is 2.65 bits per heavy atom. The number of benzene rings is 1. The second-order valence-corrected chi connectivity index (χ2v) is 5.43. The van der Waals surface area contributed by atoms with Gasteiger partial charge in [-0.15, -0.1) is 23.7 Å². The van der Waals surface area contributed by atoms with E-state index in [1.165, 1.54) is 4.88 Å². The highest BCUT2D eigenvalue weighted by molar-refractivity contribution is 7.12. The molecule has 0 fully saturated rings. The summed E-state index contributed by atoms with van der Waals surface area (Å²) in [6, 6.07) is 7.71. The molecule has 2 N–H and O–H groups in total. The lowest BCUT2D eigenvalue weighted by molar-refractivity contribution is 0.808. The van der Waals surface area contributed by atoms with E-state index < -0.39 is 0 Å². The predicted molar refractivity (Wildman–Crippen MR) is 77.1 cm³/mol. The van der Waals surface area contributed by atoms with E-state index in [1.807, 2.05) is 31.2 Å².